The summed E-state index contributed by atoms with van der Waals surface area (Å²) >= 11 is 0. The molecule has 0 aliphatic rings. The van der Waals surface area contributed by atoms with Crippen molar-refractivity contribution in [3.8, 4) is 0 Å². The van der Waals surface area contributed by atoms with Gasteiger partial charge >= 0.3 is 11.9 Å². The summed E-state index contributed by atoms with van der Waals surface area (Å²) in [6, 6.07) is 7.46. The minimum Gasteiger partial charge on any atom is -0.457 e. The van der Waals surface area contributed by atoms with Crippen LogP contribution in [0.5, 0.6) is 0 Å². The van der Waals surface area contributed by atoms with E-state index in [2.05, 4.69) is 9.97 Å². The average Bonchev–Trinajstić information content (AvgIpc) is 3.11. The quantitative estimate of drug-likeness (QED) is 0.613. The second-order valence-corrected chi connectivity index (χ2v) is 4.16. The molecule has 2 N–H and O–H groups in total. The Bertz CT molecular complexity index is 481. The molecular formula is C14H16N2O4. The van der Waals surface area contributed by atoms with Gasteiger partial charge in [-0.3, -0.25) is 0 Å². The molecule has 6 heteroatoms. The highest BCUT2D eigenvalue weighted by Gasteiger charge is 2.17. The first-order valence-corrected chi connectivity index (χ1v) is 6.34. The highest BCUT2D eigenvalue weighted by atomic mass is 16.6. The second-order valence-electron chi connectivity index (χ2n) is 4.16. The molecule has 0 spiro atoms. The van der Waals surface area contributed by atoms with E-state index >= 15 is 0 Å². The molecule has 106 valence electrons. The Kier molecular flexibility index (Phi) is 5.00. The first-order valence-electron chi connectivity index (χ1n) is 6.34. The van der Waals surface area contributed by atoms with E-state index in [1.807, 2.05) is 24.3 Å². The van der Waals surface area contributed by atoms with Crippen LogP contribution < -0.4 is 0 Å². The minimum absolute atomic E-state index is 0.144. The van der Waals surface area contributed by atoms with Gasteiger partial charge < -0.3 is 19.4 Å². The summed E-state index contributed by atoms with van der Waals surface area (Å²) in [5.41, 5.74) is 1.89. The predicted octanol–water partition coefficient (Wildman–Crippen LogP) is 1.21. The van der Waals surface area contributed by atoms with Gasteiger partial charge in [-0.1, -0.05) is 0 Å². The topological polar surface area (TPSA) is 84.2 Å². The lowest BCUT2D eigenvalue weighted by atomic mass is 10.3. The summed E-state index contributed by atoms with van der Waals surface area (Å²) in [6.45, 7) is 0.288. The lowest BCUT2D eigenvalue weighted by Gasteiger charge is -2.04. The molecule has 2 rings (SSSR count). The van der Waals surface area contributed by atoms with Gasteiger partial charge in [0.25, 0.3) is 0 Å². The standard InChI is InChI=1S/C14H16N2O4/c17-13(19-9-5-11-3-1-7-15-11)14(18)20-10-6-12-4-2-8-16-12/h1-4,7-8,15-16H,5-6,9-10H2. The minimum atomic E-state index is -0.956. The third-order valence-corrected chi connectivity index (χ3v) is 2.70. The molecule has 2 aromatic heterocycles. The van der Waals surface area contributed by atoms with Gasteiger partial charge in [0, 0.05) is 36.6 Å². The zero-order valence-electron chi connectivity index (χ0n) is 10.9. The second kappa shape index (κ2) is 7.18. The van der Waals surface area contributed by atoms with Gasteiger partial charge in [-0.2, -0.15) is 0 Å². The molecule has 0 unspecified atom stereocenters. The molecular weight excluding hydrogens is 260 g/mol. The highest BCUT2D eigenvalue weighted by molar-refractivity contribution is 6.29. The zero-order valence-corrected chi connectivity index (χ0v) is 10.9. The smallest absolute Gasteiger partial charge is 0.417 e. The van der Waals surface area contributed by atoms with Gasteiger partial charge in [-0.05, 0) is 24.3 Å². The normalized spacial score (nSPS) is 10.2. The van der Waals surface area contributed by atoms with Crippen molar-refractivity contribution in [1.82, 2.24) is 9.97 Å². The molecule has 0 saturated carbocycles. The van der Waals surface area contributed by atoms with Crippen LogP contribution in [0.3, 0.4) is 0 Å². The lowest BCUT2D eigenvalue weighted by Crippen LogP contribution is -2.22. The van der Waals surface area contributed by atoms with E-state index in [1.165, 1.54) is 0 Å². The first kappa shape index (κ1) is 13.9. The third kappa shape index (κ3) is 4.31. The number of hydrogen-bond acceptors (Lipinski definition) is 4. The molecule has 6 nitrogen and oxygen atoms in total. The molecule has 20 heavy (non-hydrogen) atoms. The maximum absolute atomic E-state index is 11.3. The molecule has 0 atom stereocenters. The Morgan fingerprint density at radius 2 is 1.30 bits per heavy atom. The van der Waals surface area contributed by atoms with Gasteiger partial charge in [0.15, 0.2) is 0 Å². The third-order valence-electron chi connectivity index (χ3n) is 2.70. The van der Waals surface area contributed by atoms with E-state index in [-0.39, 0.29) is 13.2 Å². The van der Waals surface area contributed by atoms with Crippen LogP contribution in [0, 0.1) is 0 Å². The Hall–Kier alpha value is -2.50. The van der Waals surface area contributed by atoms with Crippen molar-refractivity contribution >= 4 is 11.9 Å². The maximum atomic E-state index is 11.3. The molecule has 0 radical (unpaired) electrons. The Morgan fingerprint density at radius 3 is 1.65 bits per heavy atom. The number of hydrogen-bond donors (Lipinski definition) is 2. The molecule has 0 aromatic carbocycles. The largest absolute Gasteiger partial charge is 0.457 e. The predicted molar refractivity (Wildman–Crippen MR) is 70.9 cm³/mol. The van der Waals surface area contributed by atoms with E-state index in [9.17, 15) is 9.59 Å². The van der Waals surface area contributed by atoms with Crippen molar-refractivity contribution in [1.29, 1.82) is 0 Å². The first-order chi connectivity index (χ1) is 9.75. The zero-order chi connectivity index (χ0) is 14.2. The number of H-pyrrole nitrogens is 2. The van der Waals surface area contributed by atoms with Crippen LogP contribution >= 0.6 is 0 Å². The molecule has 0 aliphatic heterocycles. The van der Waals surface area contributed by atoms with E-state index < -0.39 is 11.9 Å². The summed E-state index contributed by atoms with van der Waals surface area (Å²) < 4.78 is 9.65. The maximum Gasteiger partial charge on any atom is 0.417 e. The Balaban J connectivity index is 1.60. The Morgan fingerprint density at radius 1 is 0.850 bits per heavy atom. The summed E-state index contributed by atoms with van der Waals surface area (Å²) in [4.78, 5) is 28.7. The van der Waals surface area contributed by atoms with Gasteiger partial charge in [-0.25, -0.2) is 9.59 Å². The number of aromatic nitrogens is 2. The van der Waals surface area contributed by atoms with Crippen LogP contribution in [-0.2, 0) is 31.9 Å². The molecule has 0 saturated heterocycles. The van der Waals surface area contributed by atoms with Gasteiger partial charge in [0.1, 0.15) is 0 Å². The van der Waals surface area contributed by atoms with Crippen molar-refractivity contribution in [2.24, 2.45) is 0 Å². The summed E-state index contributed by atoms with van der Waals surface area (Å²) in [6.07, 6.45) is 4.64. The fourth-order valence-corrected chi connectivity index (χ4v) is 1.67. The number of nitrogens with one attached hydrogen (secondary N) is 2. The number of rotatable bonds is 6. The monoisotopic (exact) mass is 276 g/mol. The average molecular weight is 276 g/mol. The fourth-order valence-electron chi connectivity index (χ4n) is 1.67. The number of aromatic amines is 2. The van der Waals surface area contributed by atoms with Gasteiger partial charge in [0.05, 0.1) is 13.2 Å². The van der Waals surface area contributed by atoms with Crippen molar-refractivity contribution in [2.75, 3.05) is 13.2 Å². The highest BCUT2D eigenvalue weighted by Crippen LogP contribution is 1.98. The number of ether oxygens (including phenoxy) is 2. The SMILES string of the molecule is O=C(OCCc1ccc[nH]1)C(=O)OCCc1ccc[nH]1. The summed E-state index contributed by atoms with van der Waals surface area (Å²) in [5, 5.41) is 0. The molecule has 0 amide bonds. The van der Waals surface area contributed by atoms with E-state index in [0.717, 1.165) is 11.4 Å². The van der Waals surface area contributed by atoms with Crippen LogP contribution in [-0.4, -0.2) is 35.1 Å². The van der Waals surface area contributed by atoms with Crippen LogP contribution in [0.4, 0.5) is 0 Å². The molecule has 0 aliphatic carbocycles. The summed E-state index contributed by atoms with van der Waals surface area (Å²) in [5.74, 6) is -1.91. The van der Waals surface area contributed by atoms with E-state index in [0.29, 0.717) is 12.8 Å². The molecule has 0 bridgehead atoms. The number of carbonyl (C=O) groups is 2. The van der Waals surface area contributed by atoms with Crippen molar-refractivity contribution in [3.05, 3.63) is 48.0 Å². The molecule has 2 aromatic rings. The number of esters is 2. The van der Waals surface area contributed by atoms with Crippen molar-refractivity contribution in [3.63, 3.8) is 0 Å². The molecule has 0 fully saturated rings. The number of carbonyl (C=O) groups excluding carboxylic acids is 2. The van der Waals surface area contributed by atoms with Gasteiger partial charge in [-0.15, -0.1) is 0 Å². The van der Waals surface area contributed by atoms with Crippen LogP contribution in [0.25, 0.3) is 0 Å². The van der Waals surface area contributed by atoms with Crippen LogP contribution in [0.2, 0.25) is 0 Å². The van der Waals surface area contributed by atoms with E-state index in [4.69, 9.17) is 9.47 Å². The molecule has 2 heterocycles. The van der Waals surface area contributed by atoms with E-state index in [1.54, 1.807) is 12.4 Å². The van der Waals surface area contributed by atoms with Gasteiger partial charge in [0.2, 0.25) is 0 Å². The summed E-state index contributed by atoms with van der Waals surface area (Å²) in [7, 11) is 0. The Labute approximate surface area is 116 Å². The van der Waals surface area contributed by atoms with Crippen molar-refractivity contribution in [2.45, 2.75) is 12.8 Å². The van der Waals surface area contributed by atoms with Crippen LogP contribution in [0.1, 0.15) is 11.4 Å². The van der Waals surface area contributed by atoms with Crippen LogP contribution in [0.15, 0.2) is 36.7 Å². The van der Waals surface area contributed by atoms with Crippen molar-refractivity contribution < 1.29 is 19.1 Å². The lowest BCUT2D eigenvalue weighted by molar-refractivity contribution is -0.167. The fraction of sp³-hybridized carbons (Fsp3) is 0.286.